The van der Waals surface area contributed by atoms with Crippen molar-refractivity contribution in [3.05, 3.63) is 23.3 Å². The monoisotopic (exact) mass is 208 g/mol. The molecule has 0 aliphatic heterocycles. The van der Waals surface area contributed by atoms with Gasteiger partial charge in [-0.25, -0.2) is 0 Å². The second kappa shape index (κ2) is 4.82. The Bertz CT molecular complexity index is 369. The van der Waals surface area contributed by atoms with Gasteiger partial charge in [0.15, 0.2) is 5.78 Å². The van der Waals surface area contributed by atoms with Gasteiger partial charge in [0.1, 0.15) is 11.5 Å². The minimum atomic E-state index is -0.0935. The fourth-order valence-corrected chi connectivity index (χ4v) is 1.51. The number of carbonyl (C=O) groups excluding carboxylic acids is 1. The lowest BCUT2D eigenvalue weighted by Gasteiger charge is -2.13. The molecule has 82 valence electrons. The Kier molecular flexibility index (Phi) is 3.72. The summed E-state index contributed by atoms with van der Waals surface area (Å²) in [5.41, 5.74) is 1.32. The standard InChI is InChI=1S/C12H16O3/c1-4-9-6-10(14)7-11(8(3)13)12(9)15-5-2/h6-7,14H,4-5H2,1-3H3. The molecule has 1 rings (SSSR count). The molecule has 0 bridgehead atoms. The number of hydrogen-bond acceptors (Lipinski definition) is 3. The quantitative estimate of drug-likeness (QED) is 0.773. The maximum Gasteiger partial charge on any atom is 0.163 e. The van der Waals surface area contributed by atoms with Gasteiger partial charge in [-0.1, -0.05) is 6.92 Å². The first-order valence-electron chi connectivity index (χ1n) is 5.09. The van der Waals surface area contributed by atoms with Crippen LogP contribution in [0.1, 0.15) is 36.7 Å². The zero-order chi connectivity index (χ0) is 11.4. The molecule has 0 spiro atoms. The van der Waals surface area contributed by atoms with E-state index in [1.807, 2.05) is 13.8 Å². The summed E-state index contributed by atoms with van der Waals surface area (Å²) in [5.74, 6) is 0.620. The first-order valence-corrected chi connectivity index (χ1v) is 5.09. The lowest BCUT2D eigenvalue weighted by Crippen LogP contribution is -2.03. The van der Waals surface area contributed by atoms with Crippen molar-refractivity contribution in [1.29, 1.82) is 0 Å². The number of rotatable bonds is 4. The van der Waals surface area contributed by atoms with Gasteiger partial charge in [-0.15, -0.1) is 0 Å². The van der Waals surface area contributed by atoms with Crippen molar-refractivity contribution in [2.24, 2.45) is 0 Å². The highest BCUT2D eigenvalue weighted by Gasteiger charge is 2.14. The Morgan fingerprint density at radius 3 is 2.53 bits per heavy atom. The van der Waals surface area contributed by atoms with Crippen LogP contribution in [0.25, 0.3) is 0 Å². The molecule has 3 nitrogen and oxygen atoms in total. The van der Waals surface area contributed by atoms with Crippen LogP contribution in [0.5, 0.6) is 11.5 Å². The Labute approximate surface area is 89.7 Å². The third kappa shape index (κ3) is 2.49. The van der Waals surface area contributed by atoms with Gasteiger partial charge >= 0.3 is 0 Å². The van der Waals surface area contributed by atoms with E-state index in [2.05, 4.69) is 0 Å². The van der Waals surface area contributed by atoms with Crippen LogP contribution >= 0.6 is 0 Å². The van der Waals surface area contributed by atoms with E-state index in [1.165, 1.54) is 13.0 Å². The molecule has 0 atom stereocenters. The molecule has 0 aromatic heterocycles. The van der Waals surface area contributed by atoms with Crippen molar-refractivity contribution >= 4 is 5.78 Å². The first kappa shape index (κ1) is 11.6. The van der Waals surface area contributed by atoms with Crippen LogP contribution in [-0.4, -0.2) is 17.5 Å². The number of ketones is 1. The molecular weight excluding hydrogens is 192 g/mol. The molecule has 0 aliphatic carbocycles. The Hall–Kier alpha value is -1.51. The number of aromatic hydroxyl groups is 1. The number of hydrogen-bond donors (Lipinski definition) is 1. The van der Waals surface area contributed by atoms with E-state index < -0.39 is 0 Å². The summed E-state index contributed by atoms with van der Waals surface area (Å²) < 4.78 is 5.44. The van der Waals surface area contributed by atoms with Gasteiger partial charge in [-0.3, -0.25) is 4.79 Å². The molecule has 0 saturated carbocycles. The van der Waals surface area contributed by atoms with Crippen molar-refractivity contribution in [2.45, 2.75) is 27.2 Å². The van der Waals surface area contributed by atoms with Gasteiger partial charge in [-0.05, 0) is 38.0 Å². The van der Waals surface area contributed by atoms with E-state index in [9.17, 15) is 9.90 Å². The molecule has 1 aromatic rings. The van der Waals surface area contributed by atoms with Gasteiger partial charge in [0, 0.05) is 0 Å². The predicted octanol–water partition coefficient (Wildman–Crippen LogP) is 2.56. The molecule has 0 aliphatic rings. The minimum Gasteiger partial charge on any atom is -0.508 e. The smallest absolute Gasteiger partial charge is 0.163 e. The van der Waals surface area contributed by atoms with Crippen LogP contribution in [0.15, 0.2) is 12.1 Å². The van der Waals surface area contributed by atoms with Gasteiger partial charge in [0.2, 0.25) is 0 Å². The molecule has 0 radical (unpaired) electrons. The molecule has 15 heavy (non-hydrogen) atoms. The number of ether oxygens (including phenoxy) is 1. The number of carbonyl (C=O) groups is 1. The highest BCUT2D eigenvalue weighted by molar-refractivity contribution is 5.97. The largest absolute Gasteiger partial charge is 0.508 e. The summed E-state index contributed by atoms with van der Waals surface area (Å²) in [5, 5.41) is 9.46. The topological polar surface area (TPSA) is 46.5 Å². The van der Waals surface area contributed by atoms with E-state index in [0.717, 1.165) is 12.0 Å². The van der Waals surface area contributed by atoms with E-state index in [0.29, 0.717) is 17.9 Å². The second-order valence-corrected chi connectivity index (χ2v) is 3.32. The average Bonchev–Trinajstić information content (AvgIpc) is 2.19. The normalized spacial score (nSPS) is 10.1. The Balaban J connectivity index is 3.33. The number of phenolic OH excluding ortho intramolecular Hbond substituents is 1. The van der Waals surface area contributed by atoms with E-state index in [4.69, 9.17) is 4.74 Å². The van der Waals surface area contributed by atoms with Crippen LogP contribution in [0, 0.1) is 0 Å². The van der Waals surface area contributed by atoms with E-state index in [1.54, 1.807) is 6.07 Å². The lowest BCUT2D eigenvalue weighted by molar-refractivity contribution is 0.101. The third-order valence-corrected chi connectivity index (χ3v) is 2.20. The first-order chi connectivity index (χ1) is 7.10. The van der Waals surface area contributed by atoms with Crippen LogP contribution in [-0.2, 0) is 6.42 Å². The average molecular weight is 208 g/mol. The molecule has 0 saturated heterocycles. The lowest BCUT2D eigenvalue weighted by atomic mass is 10.0. The predicted molar refractivity (Wildman–Crippen MR) is 58.7 cm³/mol. The molecule has 3 heteroatoms. The van der Waals surface area contributed by atoms with Crippen LogP contribution in [0.2, 0.25) is 0 Å². The summed E-state index contributed by atoms with van der Waals surface area (Å²) in [4.78, 5) is 11.4. The summed E-state index contributed by atoms with van der Waals surface area (Å²) in [6, 6.07) is 3.09. The maximum absolute atomic E-state index is 11.4. The number of aryl methyl sites for hydroxylation is 1. The third-order valence-electron chi connectivity index (χ3n) is 2.20. The molecule has 0 fully saturated rings. The fraction of sp³-hybridized carbons (Fsp3) is 0.417. The number of phenols is 1. The molecule has 0 heterocycles. The second-order valence-electron chi connectivity index (χ2n) is 3.32. The SMILES string of the molecule is CCOc1c(CC)cc(O)cc1C(C)=O. The molecule has 1 N–H and O–H groups in total. The van der Waals surface area contributed by atoms with Crippen LogP contribution in [0.3, 0.4) is 0 Å². The molecule has 1 aromatic carbocycles. The summed E-state index contributed by atoms with van der Waals surface area (Å²) in [7, 11) is 0. The highest BCUT2D eigenvalue weighted by Crippen LogP contribution is 2.29. The van der Waals surface area contributed by atoms with Crippen molar-refractivity contribution in [3.8, 4) is 11.5 Å². The van der Waals surface area contributed by atoms with Crippen molar-refractivity contribution < 1.29 is 14.6 Å². The van der Waals surface area contributed by atoms with Gasteiger partial charge in [0.25, 0.3) is 0 Å². The van der Waals surface area contributed by atoms with Crippen LogP contribution in [0.4, 0.5) is 0 Å². The van der Waals surface area contributed by atoms with E-state index >= 15 is 0 Å². The summed E-state index contributed by atoms with van der Waals surface area (Å²) in [6.45, 7) is 5.81. The maximum atomic E-state index is 11.4. The van der Waals surface area contributed by atoms with Gasteiger partial charge in [-0.2, -0.15) is 0 Å². The Morgan fingerprint density at radius 2 is 2.07 bits per heavy atom. The number of benzene rings is 1. The van der Waals surface area contributed by atoms with Crippen molar-refractivity contribution in [1.82, 2.24) is 0 Å². The zero-order valence-electron chi connectivity index (χ0n) is 9.33. The molecule has 0 amide bonds. The van der Waals surface area contributed by atoms with Crippen LogP contribution < -0.4 is 4.74 Å². The Morgan fingerprint density at radius 1 is 1.40 bits per heavy atom. The summed E-state index contributed by atoms with van der Waals surface area (Å²) >= 11 is 0. The zero-order valence-corrected chi connectivity index (χ0v) is 9.33. The number of Topliss-reactive ketones (excluding diaryl/α,β-unsaturated/α-hetero) is 1. The molecular formula is C12H16O3. The van der Waals surface area contributed by atoms with Gasteiger partial charge in [0.05, 0.1) is 12.2 Å². The van der Waals surface area contributed by atoms with Gasteiger partial charge < -0.3 is 9.84 Å². The van der Waals surface area contributed by atoms with Crippen molar-refractivity contribution in [2.75, 3.05) is 6.61 Å². The highest BCUT2D eigenvalue weighted by atomic mass is 16.5. The fourth-order valence-electron chi connectivity index (χ4n) is 1.51. The molecule has 0 unspecified atom stereocenters. The van der Waals surface area contributed by atoms with E-state index in [-0.39, 0.29) is 11.5 Å². The summed E-state index contributed by atoms with van der Waals surface area (Å²) in [6.07, 6.45) is 0.726. The van der Waals surface area contributed by atoms with Crippen molar-refractivity contribution in [3.63, 3.8) is 0 Å². The minimum absolute atomic E-state index is 0.0935.